The predicted octanol–water partition coefficient (Wildman–Crippen LogP) is 0.271. The van der Waals surface area contributed by atoms with Crippen LogP contribution in [0.4, 0.5) is 8.78 Å². The molecule has 0 aromatic heterocycles. The zero-order valence-electron chi connectivity index (χ0n) is 7.04. The second-order valence-electron chi connectivity index (χ2n) is 3.03. The normalized spacial score (nSPS) is 26.8. The quantitative estimate of drug-likeness (QED) is 0.628. The van der Waals surface area contributed by atoms with Crippen molar-refractivity contribution >= 4 is 5.91 Å². The van der Waals surface area contributed by atoms with Crippen LogP contribution in [0.1, 0.15) is 6.42 Å². The Balaban J connectivity index is 2.29. The summed E-state index contributed by atoms with van der Waals surface area (Å²) in [7, 11) is 0. The van der Waals surface area contributed by atoms with Crippen molar-refractivity contribution in [3.63, 3.8) is 0 Å². The maximum atomic E-state index is 11.7. The van der Waals surface area contributed by atoms with Crippen LogP contribution < -0.4 is 11.1 Å². The van der Waals surface area contributed by atoms with Gasteiger partial charge < -0.3 is 11.1 Å². The fraction of sp³-hybridized carbons (Fsp3) is 0.625. The summed E-state index contributed by atoms with van der Waals surface area (Å²) < 4.78 is 23.4. The van der Waals surface area contributed by atoms with Crippen molar-refractivity contribution in [3.05, 3.63) is 12.2 Å². The predicted molar refractivity (Wildman–Crippen MR) is 44.2 cm³/mol. The molecule has 0 aromatic rings. The van der Waals surface area contributed by atoms with Crippen molar-refractivity contribution in [2.45, 2.75) is 18.9 Å². The highest BCUT2D eigenvalue weighted by atomic mass is 19.3. The molecule has 0 heterocycles. The minimum absolute atomic E-state index is 0.123. The van der Waals surface area contributed by atoms with Gasteiger partial charge in [-0.15, -0.1) is 0 Å². The SMILES string of the molecule is NC1C=CC(C(=O)NCC(F)F)C1. The summed E-state index contributed by atoms with van der Waals surface area (Å²) in [5.74, 6) is -0.710. The van der Waals surface area contributed by atoms with Gasteiger partial charge in [-0.1, -0.05) is 12.2 Å². The molecule has 5 heteroatoms. The van der Waals surface area contributed by atoms with Gasteiger partial charge in [0.25, 0.3) is 6.43 Å². The lowest BCUT2D eigenvalue weighted by atomic mass is 10.1. The van der Waals surface area contributed by atoms with Gasteiger partial charge in [0.15, 0.2) is 0 Å². The highest BCUT2D eigenvalue weighted by Crippen LogP contribution is 2.16. The molecule has 0 saturated carbocycles. The van der Waals surface area contributed by atoms with Crippen LogP contribution in [0.25, 0.3) is 0 Å². The number of carbonyl (C=O) groups excluding carboxylic acids is 1. The maximum absolute atomic E-state index is 11.7. The van der Waals surface area contributed by atoms with Gasteiger partial charge in [-0.25, -0.2) is 8.78 Å². The monoisotopic (exact) mass is 190 g/mol. The average Bonchev–Trinajstić information content (AvgIpc) is 2.47. The summed E-state index contributed by atoms with van der Waals surface area (Å²) in [6, 6.07) is -0.123. The van der Waals surface area contributed by atoms with Crippen LogP contribution in [0, 0.1) is 5.92 Å². The zero-order valence-corrected chi connectivity index (χ0v) is 7.04. The Morgan fingerprint density at radius 2 is 2.31 bits per heavy atom. The number of hydrogen-bond acceptors (Lipinski definition) is 2. The molecule has 0 aliphatic heterocycles. The van der Waals surface area contributed by atoms with Crippen LogP contribution in [-0.4, -0.2) is 24.9 Å². The number of carbonyl (C=O) groups is 1. The lowest BCUT2D eigenvalue weighted by Gasteiger charge is -2.09. The van der Waals surface area contributed by atoms with Gasteiger partial charge in [0.1, 0.15) is 0 Å². The molecule has 74 valence electrons. The van der Waals surface area contributed by atoms with E-state index in [4.69, 9.17) is 5.73 Å². The van der Waals surface area contributed by atoms with E-state index in [1.807, 2.05) is 0 Å². The molecule has 0 bridgehead atoms. The fourth-order valence-electron chi connectivity index (χ4n) is 1.23. The van der Waals surface area contributed by atoms with Crippen molar-refractivity contribution in [2.24, 2.45) is 11.7 Å². The largest absolute Gasteiger partial charge is 0.350 e. The van der Waals surface area contributed by atoms with Crippen molar-refractivity contribution in [1.29, 1.82) is 0 Å². The van der Waals surface area contributed by atoms with Crippen molar-refractivity contribution in [3.8, 4) is 0 Å². The number of rotatable bonds is 3. The van der Waals surface area contributed by atoms with Gasteiger partial charge in [-0.2, -0.15) is 0 Å². The van der Waals surface area contributed by atoms with E-state index in [0.29, 0.717) is 6.42 Å². The first-order valence-electron chi connectivity index (χ1n) is 4.09. The molecule has 0 aromatic carbocycles. The standard InChI is InChI=1S/C8H12F2N2O/c9-7(10)4-12-8(13)5-1-2-6(11)3-5/h1-2,5-7H,3-4,11H2,(H,12,13). The Hall–Kier alpha value is -0.970. The number of amides is 1. The number of nitrogens with one attached hydrogen (secondary N) is 1. The summed E-state index contributed by atoms with van der Waals surface area (Å²) in [5.41, 5.74) is 5.50. The summed E-state index contributed by atoms with van der Waals surface area (Å²) in [5, 5.41) is 2.15. The summed E-state index contributed by atoms with van der Waals surface area (Å²) in [6.45, 7) is -0.585. The van der Waals surface area contributed by atoms with Crippen molar-refractivity contribution < 1.29 is 13.6 Å². The van der Waals surface area contributed by atoms with Gasteiger partial charge in [0, 0.05) is 6.04 Å². The molecule has 1 aliphatic rings. The van der Waals surface area contributed by atoms with Crippen molar-refractivity contribution in [2.75, 3.05) is 6.54 Å². The van der Waals surface area contributed by atoms with E-state index in [1.54, 1.807) is 12.2 Å². The summed E-state index contributed by atoms with van der Waals surface area (Å²) in [4.78, 5) is 11.1. The van der Waals surface area contributed by atoms with E-state index >= 15 is 0 Å². The zero-order chi connectivity index (χ0) is 9.84. The summed E-state index contributed by atoms with van der Waals surface area (Å²) in [6.07, 6.45) is 1.38. The molecule has 2 unspecified atom stereocenters. The molecule has 0 spiro atoms. The van der Waals surface area contributed by atoms with Crippen LogP contribution in [0.2, 0.25) is 0 Å². The Morgan fingerprint density at radius 3 is 2.77 bits per heavy atom. The third kappa shape index (κ3) is 3.10. The van der Waals surface area contributed by atoms with E-state index < -0.39 is 13.0 Å². The lowest BCUT2D eigenvalue weighted by molar-refractivity contribution is -0.124. The highest BCUT2D eigenvalue weighted by molar-refractivity contribution is 5.81. The fourth-order valence-corrected chi connectivity index (χ4v) is 1.23. The van der Waals surface area contributed by atoms with Crippen LogP contribution in [0.3, 0.4) is 0 Å². The molecule has 0 fully saturated rings. The smallest absolute Gasteiger partial charge is 0.255 e. The van der Waals surface area contributed by atoms with Gasteiger partial charge in [-0.3, -0.25) is 4.79 Å². The number of halogens is 2. The van der Waals surface area contributed by atoms with Gasteiger partial charge in [0.05, 0.1) is 12.5 Å². The first kappa shape index (κ1) is 10.1. The van der Waals surface area contributed by atoms with Gasteiger partial charge in [0.2, 0.25) is 5.91 Å². The first-order chi connectivity index (χ1) is 6.09. The molecule has 2 atom stereocenters. The molecule has 1 rings (SSSR count). The third-order valence-corrected chi connectivity index (χ3v) is 1.88. The molecule has 0 saturated heterocycles. The van der Waals surface area contributed by atoms with E-state index in [1.165, 1.54) is 0 Å². The van der Waals surface area contributed by atoms with E-state index in [-0.39, 0.29) is 17.9 Å². The molecule has 0 radical (unpaired) electrons. The van der Waals surface area contributed by atoms with Crippen LogP contribution >= 0.6 is 0 Å². The lowest BCUT2D eigenvalue weighted by Crippen LogP contribution is -2.33. The first-order valence-corrected chi connectivity index (χ1v) is 4.09. The summed E-state index contributed by atoms with van der Waals surface area (Å²) >= 11 is 0. The second-order valence-corrected chi connectivity index (χ2v) is 3.03. The Morgan fingerprint density at radius 1 is 1.62 bits per heavy atom. The molecular weight excluding hydrogens is 178 g/mol. The molecule has 1 aliphatic carbocycles. The third-order valence-electron chi connectivity index (χ3n) is 1.88. The van der Waals surface area contributed by atoms with Gasteiger partial charge in [-0.05, 0) is 6.42 Å². The second kappa shape index (κ2) is 4.32. The van der Waals surface area contributed by atoms with E-state index in [9.17, 15) is 13.6 Å². The minimum atomic E-state index is -2.50. The van der Waals surface area contributed by atoms with E-state index in [2.05, 4.69) is 5.32 Å². The van der Waals surface area contributed by atoms with Crippen molar-refractivity contribution in [1.82, 2.24) is 5.32 Å². The molecular formula is C8H12F2N2O. The molecule has 1 amide bonds. The van der Waals surface area contributed by atoms with Crippen LogP contribution in [-0.2, 0) is 4.79 Å². The molecule has 3 N–H and O–H groups in total. The molecule has 13 heavy (non-hydrogen) atoms. The number of nitrogens with two attached hydrogens (primary N) is 1. The highest BCUT2D eigenvalue weighted by Gasteiger charge is 2.22. The van der Waals surface area contributed by atoms with Crippen LogP contribution in [0.15, 0.2) is 12.2 Å². The number of alkyl halides is 2. The maximum Gasteiger partial charge on any atom is 0.255 e. The van der Waals surface area contributed by atoms with Gasteiger partial charge >= 0.3 is 0 Å². The number of hydrogen-bond donors (Lipinski definition) is 2. The Bertz CT molecular complexity index is 218. The minimum Gasteiger partial charge on any atom is -0.350 e. The Kier molecular flexibility index (Phi) is 3.36. The van der Waals surface area contributed by atoms with Crippen LogP contribution in [0.5, 0.6) is 0 Å². The Labute approximate surface area is 75.0 Å². The molecule has 3 nitrogen and oxygen atoms in total. The van der Waals surface area contributed by atoms with E-state index in [0.717, 1.165) is 0 Å². The average molecular weight is 190 g/mol. The topological polar surface area (TPSA) is 55.1 Å².